The molecular formula is C15H11FO2. The molecule has 2 nitrogen and oxygen atoms in total. The number of para-hydroxylation sites is 1. The topological polar surface area (TPSA) is 29.5 Å². The van der Waals surface area contributed by atoms with E-state index in [-0.39, 0.29) is 5.75 Å². The average Bonchev–Trinajstić information content (AvgIpc) is 2.41. The van der Waals surface area contributed by atoms with Gasteiger partial charge in [-0.25, -0.2) is 4.39 Å². The summed E-state index contributed by atoms with van der Waals surface area (Å²) in [6.45, 7) is 0. The van der Waals surface area contributed by atoms with E-state index in [1.165, 1.54) is 6.07 Å². The highest BCUT2D eigenvalue weighted by atomic mass is 19.1. The first kappa shape index (κ1) is 12.2. The molecule has 2 rings (SSSR count). The lowest BCUT2D eigenvalue weighted by atomic mass is 10.1. The van der Waals surface area contributed by atoms with E-state index < -0.39 is 11.9 Å². The van der Waals surface area contributed by atoms with Gasteiger partial charge in [0.15, 0.2) is 11.6 Å². The molecule has 0 aliphatic rings. The van der Waals surface area contributed by atoms with Crippen LogP contribution in [0.4, 0.5) is 4.39 Å². The summed E-state index contributed by atoms with van der Waals surface area (Å²) in [6, 6.07) is 12.7. The minimum absolute atomic E-state index is 0.155. The van der Waals surface area contributed by atoms with Crippen LogP contribution in [-0.4, -0.2) is 5.11 Å². The summed E-state index contributed by atoms with van der Waals surface area (Å²) >= 11 is 0. The van der Waals surface area contributed by atoms with Crippen LogP contribution in [0.25, 0.3) is 0 Å². The highest BCUT2D eigenvalue weighted by Crippen LogP contribution is 2.25. The summed E-state index contributed by atoms with van der Waals surface area (Å²) in [5.41, 5.74) is 0.596. The zero-order valence-electron chi connectivity index (χ0n) is 9.51. The monoisotopic (exact) mass is 242 g/mol. The molecule has 0 aliphatic heterocycles. The fraction of sp³-hybridized carbons (Fsp3) is 0.0667. The van der Waals surface area contributed by atoms with Gasteiger partial charge in [0.25, 0.3) is 0 Å². The summed E-state index contributed by atoms with van der Waals surface area (Å²) in [5, 5.41) is 9.42. The van der Waals surface area contributed by atoms with Crippen LogP contribution in [0.5, 0.6) is 11.5 Å². The number of hydrogen-bond donors (Lipinski definition) is 1. The molecule has 1 unspecified atom stereocenters. The van der Waals surface area contributed by atoms with E-state index in [9.17, 15) is 9.50 Å². The fourth-order valence-electron chi connectivity index (χ4n) is 1.47. The van der Waals surface area contributed by atoms with Crippen molar-refractivity contribution in [3.05, 3.63) is 59.9 Å². The van der Waals surface area contributed by atoms with Gasteiger partial charge in [-0.3, -0.25) is 0 Å². The lowest BCUT2D eigenvalue weighted by Crippen LogP contribution is -1.93. The molecule has 0 saturated carbocycles. The number of rotatable bonds is 3. The van der Waals surface area contributed by atoms with Crippen LogP contribution in [0.3, 0.4) is 0 Å². The van der Waals surface area contributed by atoms with Gasteiger partial charge < -0.3 is 9.84 Å². The maximum absolute atomic E-state index is 13.3. The minimum Gasteiger partial charge on any atom is -0.454 e. The van der Waals surface area contributed by atoms with Crippen molar-refractivity contribution >= 4 is 0 Å². The van der Waals surface area contributed by atoms with Crippen molar-refractivity contribution in [2.24, 2.45) is 0 Å². The van der Waals surface area contributed by atoms with Gasteiger partial charge >= 0.3 is 0 Å². The van der Waals surface area contributed by atoms with Gasteiger partial charge in [-0.1, -0.05) is 30.2 Å². The van der Waals surface area contributed by atoms with Gasteiger partial charge in [0, 0.05) is 0 Å². The van der Waals surface area contributed by atoms with Crippen molar-refractivity contribution in [3.63, 3.8) is 0 Å². The average molecular weight is 242 g/mol. The first-order chi connectivity index (χ1) is 8.70. The largest absolute Gasteiger partial charge is 0.454 e. The normalized spacial score (nSPS) is 11.6. The molecular weight excluding hydrogens is 231 g/mol. The number of hydrogen-bond acceptors (Lipinski definition) is 2. The van der Waals surface area contributed by atoms with Gasteiger partial charge in [-0.05, 0) is 29.8 Å². The standard InChI is InChI=1S/C15H11FO2/c1-2-14(17)11-7-9-12(10-8-11)18-15-6-4-3-5-13(15)16/h1,3-10,14,17H. The van der Waals surface area contributed by atoms with Crippen molar-refractivity contribution in [3.8, 4) is 23.8 Å². The van der Waals surface area contributed by atoms with Crippen molar-refractivity contribution < 1.29 is 14.2 Å². The molecule has 2 aromatic carbocycles. The Labute approximate surface area is 105 Å². The summed E-state index contributed by atoms with van der Waals surface area (Å²) in [5.74, 6) is 2.42. The van der Waals surface area contributed by atoms with Crippen LogP contribution < -0.4 is 4.74 Å². The van der Waals surface area contributed by atoms with E-state index in [1.54, 1.807) is 42.5 Å². The number of benzene rings is 2. The number of aliphatic hydroxyl groups excluding tert-OH is 1. The molecule has 0 fully saturated rings. The van der Waals surface area contributed by atoms with Crippen LogP contribution in [0.15, 0.2) is 48.5 Å². The second kappa shape index (κ2) is 5.35. The molecule has 1 N–H and O–H groups in total. The molecule has 18 heavy (non-hydrogen) atoms. The fourth-order valence-corrected chi connectivity index (χ4v) is 1.47. The first-order valence-electron chi connectivity index (χ1n) is 5.37. The minimum atomic E-state index is -0.937. The third-order valence-corrected chi connectivity index (χ3v) is 2.42. The maximum atomic E-state index is 13.3. The zero-order valence-corrected chi connectivity index (χ0v) is 9.51. The predicted molar refractivity (Wildman–Crippen MR) is 66.7 cm³/mol. The van der Waals surface area contributed by atoms with Crippen molar-refractivity contribution in [1.29, 1.82) is 0 Å². The van der Waals surface area contributed by atoms with E-state index in [4.69, 9.17) is 11.2 Å². The van der Waals surface area contributed by atoms with Crippen LogP contribution in [0, 0.1) is 18.2 Å². The molecule has 1 atom stereocenters. The lowest BCUT2D eigenvalue weighted by Gasteiger charge is -2.08. The van der Waals surface area contributed by atoms with E-state index >= 15 is 0 Å². The van der Waals surface area contributed by atoms with E-state index in [0.29, 0.717) is 11.3 Å². The van der Waals surface area contributed by atoms with Gasteiger partial charge in [-0.15, -0.1) is 6.42 Å². The molecule has 0 amide bonds. The van der Waals surface area contributed by atoms with Gasteiger partial charge in [0.05, 0.1) is 0 Å². The van der Waals surface area contributed by atoms with Crippen LogP contribution >= 0.6 is 0 Å². The molecule has 0 spiro atoms. The maximum Gasteiger partial charge on any atom is 0.165 e. The van der Waals surface area contributed by atoms with Crippen molar-refractivity contribution in [1.82, 2.24) is 0 Å². The zero-order chi connectivity index (χ0) is 13.0. The summed E-state index contributed by atoms with van der Waals surface area (Å²) in [6.07, 6.45) is 4.17. The van der Waals surface area contributed by atoms with Crippen LogP contribution in [-0.2, 0) is 0 Å². The summed E-state index contributed by atoms with van der Waals surface area (Å²) in [4.78, 5) is 0. The quantitative estimate of drug-likeness (QED) is 0.837. The second-order valence-corrected chi connectivity index (χ2v) is 3.67. The van der Waals surface area contributed by atoms with Gasteiger partial charge in [-0.2, -0.15) is 0 Å². The Hall–Kier alpha value is -2.31. The highest BCUT2D eigenvalue weighted by molar-refractivity contribution is 5.35. The molecule has 0 heterocycles. The number of terminal acetylenes is 1. The smallest absolute Gasteiger partial charge is 0.165 e. The van der Waals surface area contributed by atoms with Crippen molar-refractivity contribution in [2.45, 2.75) is 6.10 Å². The molecule has 0 radical (unpaired) electrons. The number of aliphatic hydroxyl groups is 1. The Morgan fingerprint density at radius 1 is 1.11 bits per heavy atom. The third-order valence-electron chi connectivity index (χ3n) is 2.42. The molecule has 90 valence electrons. The Bertz CT molecular complexity index is 570. The predicted octanol–water partition coefficient (Wildman–Crippen LogP) is 3.28. The SMILES string of the molecule is C#CC(O)c1ccc(Oc2ccccc2F)cc1. The van der Waals surface area contributed by atoms with Crippen molar-refractivity contribution in [2.75, 3.05) is 0 Å². The van der Waals surface area contributed by atoms with Gasteiger partial charge in [0.1, 0.15) is 11.9 Å². The van der Waals surface area contributed by atoms with Crippen LogP contribution in [0.2, 0.25) is 0 Å². The van der Waals surface area contributed by atoms with Crippen LogP contribution in [0.1, 0.15) is 11.7 Å². The molecule has 3 heteroatoms. The Kier molecular flexibility index (Phi) is 3.61. The first-order valence-corrected chi connectivity index (χ1v) is 5.37. The Morgan fingerprint density at radius 2 is 1.78 bits per heavy atom. The third kappa shape index (κ3) is 2.68. The molecule has 0 aliphatic carbocycles. The van der Waals surface area contributed by atoms with Gasteiger partial charge in [0.2, 0.25) is 0 Å². The lowest BCUT2D eigenvalue weighted by molar-refractivity contribution is 0.238. The Morgan fingerprint density at radius 3 is 2.39 bits per heavy atom. The molecule has 0 saturated heterocycles. The molecule has 2 aromatic rings. The summed E-state index contributed by atoms with van der Waals surface area (Å²) < 4.78 is 18.7. The highest BCUT2D eigenvalue weighted by Gasteiger charge is 2.05. The van der Waals surface area contributed by atoms with E-state index in [0.717, 1.165) is 0 Å². The molecule has 0 bridgehead atoms. The second-order valence-electron chi connectivity index (χ2n) is 3.67. The number of ether oxygens (including phenoxy) is 1. The van der Waals surface area contributed by atoms with E-state index in [2.05, 4.69) is 5.92 Å². The Balaban J connectivity index is 2.17. The van der Waals surface area contributed by atoms with E-state index in [1.807, 2.05) is 0 Å². The molecule has 0 aromatic heterocycles. The number of halogens is 1. The summed E-state index contributed by atoms with van der Waals surface area (Å²) in [7, 11) is 0.